The molecule has 23 nitrogen and oxygen atoms in total. The maximum atomic E-state index is 15.5. The average molecular weight is 1130 g/mol. The van der Waals surface area contributed by atoms with E-state index in [-0.39, 0.29) is 85.7 Å². The third-order valence-electron chi connectivity index (χ3n) is 16.2. The molecule has 1 fully saturated rings. The summed E-state index contributed by atoms with van der Waals surface area (Å²) in [5.41, 5.74) is 1.43. The number of hydrogen-bond acceptors (Lipinski definition) is 14. The minimum absolute atomic E-state index is 0.00841. The molecule has 8 N–H and O–H groups in total. The van der Waals surface area contributed by atoms with Gasteiger partial charge in [0.05, 0.1) is 67.0 Å². The first-order valence-corrected chi connectivity index (χ1v) is 27.8. The van der Waals surface area contributed by atoms with Crippen LogP contribution < -0.4 is 37.5 Å². The number of aliphatic carboxylic acids is 1. The van der Waals surface area contributed by atoms with Gasteiger partial charge in [-0.3, -0.25) is 52.8 Å². The molecule has 0 saturated carbocycles. The van der Waals surface area contributed by atoms with E-state index in [1.54, 1.807) is 50.2 Å². The fraction of sp³-hybridized carbons (Fsp3) is 0.483. The van der Waals surface area contributed by atoms with Gasteiger partial charge in [-0.25, -0.2) is 14.2 Å². The number of nitrogens with one attached hydrogen (secondary N) is 6. The summed E-state index contributed by atoms with van der Waals surface area (Å²) in [7, 11) is 0. The van der Waals surface area contributed by atoms with Crippen molar-refractivity contribution >= 4 is 70.1 Å². The summed E-state index contributed by atoms with van der Waals surface area (Å²) in [5, 5.41) is 36.6. The van der Waals surface area contributed by atoms with Gasteiger partial charge in [0.1, 0.15) is 24.5 Å². The summed E-state index contributed by atoms with van der Waals surface area (Å²) in [5.74, 6) is -8.01. The number of carboxylic acid groups (broad SMARTS) is 1. The monoisotopic (exact) mass is 1130 g/mol. The van der Waals surface area contributed by atoms with Crippen molar-refractivity contribution in [3.63, 3.8) is 0 Å². The van der Waals surface area contributed by atoms with E-state index in [2.05, 4.69) is 31.9 Å². The zero-order valence-corrected chi connectivity index (χ0v) is 46.2. The Morgan fingerprint density at radius 1 is 0.829 bits per heavy atom. The summed E-state index contributed by atoms with van der Waals surface area (Å²) in [4.78, 5) is 150. The number of ether oxygens (including phenoxy) is 1. The lowest BCUT2D eigenvalue weighted by atomic mass is 9.81. The maximum absolute atomic E-state index is 15.5. The Balaban J connectivity index is 0.849. The van der Waals surface area contributed by atoms with Gasteiger partial charge in [-0.2, -0.15) is 0 Å². The number of halogens is 1. The molecule has 82 heavy (non-hydrogen) atoms. The largest absolute Gasteiger partial charge is 0.481 e. The number of pyridine rings is 2. The van der Waals surface area contributed by atoms with E-state index in [1.807, 2.05) is 13.8 Å². The van der Waals surface area contributed by atoms with Crippen molar-refractivity contribution in [1.29, 1.82) is 0 Å². The summed E-state index contributed by atoms with van der Waals surface area (Å²) >= 11 is 0. The van der Waals surface area contributed by atoms with Crippen LogP contribution in [0.15, 0.2) is 47.3 Å². The van der Waals surface area contributed by atoms with Crippen LogP contribution in [0.25, 0.3) is 22.3 Å². The first-order chi connectivity index (χ1) is 39.2. The van der Waals surface area contributed by atoms with E-state index < -0.39 is 109 Å². The topological polar surface area (TPSA) is 331 Å². The number of nitrogens with zero attached hydrogens (tertiary/aromatic N) is 3. The number of likely N-dealkylation sites (tertiary alicyclic amines) is 1. The van der Waals surface area contributed by atoms with Crippen molar-refractivity contribution in [2.45, 2.75) is 142 Å². The molecule has 436 valence electrons. The average Bonchev–Trinajstić information content (AvgIpc) is 3.38. The molecule has 4 aromatic rings. The standard InChI is InChI=1S/C58H68FN9O14/c1-5-32(6-2)34-21-48(73)67(55(34)78)19-13-9-12-16-44(69)64-42(24-49(74)75)54(77)61-25-45(70)60-26-46(71)65-41(20-31-14-10-8-11-15-31)53(76)62-27-47(72)63-39-18-17-33-30(4)38(59)23-40-50(33)51(39)35-28-68-43(52(35)66-40)22-37-36(56(68)79)29-82-57(80)58(37,81)7-3/h8,10-11,14-15,22-23,32,34,39,41-42,81H,5-7,9,12-13,16-21,24-29H2,1-4H3,(H,60,70)(H,61,77)(H,62,76)(H,63,72)(H,64,69)(H,65,71)(H,74,75)/t34?,39-,41-,42-,58-/m0/s1. The second-order valence-corrected chi connectivity index (χ2v) is 21.3. The van der Waals surface area contributed by atoms with Crippen LogP contribution in [0.5, 0.6) is 0 Å². The summed E-state index contributed by atoms with van der Waals surface area (Å²) < 4.78 is 22.2. The van der Waals surface area contributed by atoms with Crippen molar-refractivity contribution in [2.24, 2.45) is 11.8 Å². The Bertz CT molecular complexity index is 3310. The number of benzene rings is 2. The fourth-order valence-corrected chi connectivity index (χ4v) is 11.6. The van der Waals surface area contributed by atoms with Crippen molar-refractivity contribution in [1.82, 2.24) is 46.4 Å². The number of unbranched alkanes of at least 4 members (excludes halogenated alkanes) is 2. The van der Waals surface area contributed by atoms with Gasteiger partial charge in [0.15, 0.2) is 5.60 Å². The van der Waals surface area contributed by atoms with Crippen LogP contribution >= 0.6 is 0 Å². The van der Waals surface area contributed by atoms with Crippen LogP contribution in [0.3, 0.4) is 0 Å². The Morgan fingerprint density at radius 2 is 1.51 bits per heavy atom. The van der Waals surface area contributed by atoms with Gasteiger partial charge in [-0.15, -0.1) is 0 Å². The smallest absolute Gasteiger partial charge is 0.343 e. The lowest BCUT2D eigenvalue weighted by Gasteiger charge is -2.31. The molecule has 0 spiro atoms. The molecule has 1 saturated heterocycles. The normalized spacial score (nSPS) is 18.4. The number of imide groups is 1. The summed E-state index contributed by atoms with van der Waals surface area (Å²) in [6, 6.07) is 7.97. The zero-order valence-electron chi connectivity index (χ0n) is 46.2. The molecular formula is C58H68FN9O14. The first-order valence-electron chi connectivity index (χ1n) is 27.8. The van der Waals surface area contributed by atoms with Crippen molar-refractivity contribution in [3.8, 4) is 11.4 Å². The molecule has 2 aromatic carbocycles. The lowest BCUT2D eigenvalue weighted by molar-refractivity contribution is -0.172. The Kier molecular flexibility index (Phi) is 18.6. The number of aromatic nitrogens is 2. The molecule has 8 rings (SSSR count). The van der Waals surface area contributed by atoms with Gasteiger partial charge >= 0.3 is 11.9 Å². The van der Waals surface area contributed by atoms with Gasteiger partial charge in [0, 0.05) is 48.4 Å². The molecule has 0 bridgehead atoms. The summed E-state index contributed by atoms with van der Waals surface area (Å²) in [6.07, 6.45) is 2.71. The number of aryl methyl sites for hydroxylation is 1. The van der Waals surface area contributed by atoms with Crippen molar-refractivity contribution < 1.29 is 67.3 Å². The van der Waals surface area contributed by atoms with Gasteiger partial charge in [0.25, 0.3) is 5.56 Å². The molecule has 1 aliphatic carbocycles. The molecule has 4 aliphatic rings. The number of cyclic esters (lactones) is 1. The first kappa shape index (κ1) is 59.7. The lowest BCUT2D eigenvalue weighted by Crippen LogP contribution is -2.53. The van der Waals surface area contributed by atoms with Gasteiger partial charge in [-0.1, -0.05) is 70.4 Å². The second-order valence-electron chi connectivity index (χ2n) is 21.3. The number of carbonyl (C=O) groups is 10. The number of aliphatic hydroxyl groups is 1. The third kappa shape index (κ3) is 12.7. The molecule has 24 heteroatoms. The molecule has 8 amide bonds. The number of hydrogen-bond donors (Lipinski definition) is 8. The quantitative estimate of drug-likeness (QED) is 0.0236. The van der Waals surface area contributed by atoms with Gasteiger partial charge in [0.2, 0.25) is 47.3 Å². The summed E-state index contributed by atoms with van der Waals surface area (Å²) in [6.45, 7) is 5.18. The van der Waals surface area contributed by atoms with Crippen LogP contribution in [0.4, 0.5) is 4.39 Å². The van der Waals surface area contributed by atoms with E-state index in [0.29, 0.717) is 76.7 Å². The minimum Gasteiger partial charge on any atom is -0.481 e. The SMILES string of the molecule is CCC(CC)C1CC(=O)N(CCCCCC(=O)N[C@@H](CC(=O)O)C(=O)NCC(=O)NCC(=O)N[C@@H](Cc2ccccc2)C(=O)NCC(=O)N[C@H]2CCc3c(C)c(F)cc4nc5c(c2c34)Cn2c-5cc3c(c2=O)COC(=O)[C@]3(O)CC)C1=O. The number of esters is 1. The highest BCUT2D eigenvalue weighted by Crippen LogP contribution is 2.46. The van der Waals surface area contributed by atoms with E-state index in [0.717, 1.165) is 12.8 Å². The van der Waals surface area contributed by atoms with Gasteiger partial charge in [-0.05, 0) is 73.3 Å². The van der Waals surface area contributed by atoms with Crippen LogP contribution in [0, 0.1) is 24.6 Å². The maximum Gasteiger partial charge on any atom is 0.343 e. The number of rotatable bonds is 25. The Hall–Kier alpha value is -8.41. The highest BCUT2D eigenvalue weighted by atomic mass is 19.1. The van der Waals surface area contributed by atoms with E-state index in [1.165, 1.54) is 15.5 Å². The van der Waals surface area contributed by atoms with Crippen LogP contribution in [-0.4, -0.2) is 122 Å². The zero-order chi connectivity index (χ0) is 59.2. The fourth-order valence-electron chi connectivity index (χ4n) is 11.6. The Labute approximate surface area is 470 Å². The molecule has 1 unspecified atom stereocenters. The predicted molar refractivity (Wildman–Crippen MR) is 291 cm³/mol. The van der Waals surface area contributed by atoms with Gasteiger partial charge < -0.3 is 51.4 Å². The number of carbonyl (C=O) groups excluding carboxylic acids is 9. The minimum atomic E-state index is -2.08. The Morgan fingerprint density at radius 3 is 2.21 bits per heavy atom. The van der Waals surface area contributed by atoms with Crippen molar-refractivity contribution in [3.05, 3.63) is 97.6 Å². The number of fused-ring (bicyclic) bond motifs is 5. The highest BCUT2D eigenvalue weighted by Gasteiger charge is 2.46. The van der Waals surface area contributed by atoms with Crippen LogP contribution in [0.1, 0.15) is 130 Å². The highest BCUT2D eigenvalue weighted by molar-refractivity contribution is 6.04. The molecule has 0 radical (unpaired) electrons. The van der Waals surface area contributed by atoms with E-state index in [9.17, 15) is 63.0 Å². The van der Waals surface area contributed by atoms with E-state index in [4.69, 9.17) is 9.72 Å². The predicted octanol–water partition coefficient (Wildman–Crippen LogP) is 2.04. The van der Waals surface area contributed by atoms with E-state index >= 15 is 4.39 Å². The molecule has 2 aromatic heterocycles. The number of carboxylic acids is 1. The van der Waals surface area contributed by atoms with Crippen LogP contribution in [0.2, 0.25) is 0 Å². The molecular weight excluding hydrogens is 1070 g/mol. The van der Waals surface area contributed by atoms with Crippen molar-refractivity contribution in [2.75, 3.05) is 26.2 Å². The van der Waals surface area contributed by atoms with Crippen LogP contribution in [-0.2, 0) is 84.3 Å². The number of amides is 8. The third-order valence-corrected chi connectivity index (χ3v) is 16.2. The molecule has 3 aliphatic heterocycles. The molecule has 5 atom stereocenters. The molecule has 5 heterocycles. The second kappa shape index (κ2) is 25.6.